The monoisotopic (exact) mass is 355 g/mol. The average Bonchev–Trinajstić information content (AvgIpc) is 3.15. The lowest BCUT2D eigenvalue weighted by atomic mass is 10.2. The van der Waals surface area contributed by atoms with Crippen LogP contribution in [-0.2, 0) is 0 Å². The zero-order valence-corrected chi connectivity index (χ0v) is 15.2. The van der Waals surface area contributed by atoms with Gasteiger partial charge >= 0.3 is 6.03 Å². The molecule has 1 heterocycles. The second-order valence-corrected chi connectivity index (χ2v) is 6.20. The molecule has 1 aliphatic heterocycles. The van der Waals surface area contributed by atoms with Gasteiger partial charge in [0.2, 0.25) is 0 Å². The topological polar surface area (TPSA) is 62.8 Å². The van der Waals surface area contributed by atoms with Gasteiger partial charge in [0.25, 0.3) is 0 Å². The number of urea groups is 1. The van der Waals surface area contributed by atoms with Crippen molar-refractivity contribution >= 4 is 17.4 Å². The predicted molar refractivity (Wildman–Crippen MR) is 103 cm³/mol. The molecule has 0 spiro atoms. The van der Waals surface area contributed by atoms with Crippen LogP contribution in [0.25, 0.3) is 0 Å². The molecular formula is C20H25N3O3. The number of nitrogens with one attached hydrogen (secondary N) is 2. The molecule has 1 atom stereocenters. The second kappa shape index (κ2) is 8.47. The molecule has 1 unspecified atom stereocenters. The van der Waals surface area contributed by atoms with E-state index in [-0.39, 0.29) is 6.03 Å². The van der Waals surface area contributed by atoms with Gasteiger partial charge in [0, 0.05) is 24.8 Å². The van der Waals surface area contributed by atoms with E-state index in [0.29, 0.717) is 29.8 Å². The standard InChI is InChI=1S/C20H25N3O3/c1-25-18-12-6-11-17(19(18)26-2)22-20(24)21-14-16-10-7-13-23(16)15-8-4-3-5-9-15/h3-6,8-9,11-12,16H,7,10,13-14H2,1-2H3,(H2,21,22,24). The fourth-order valence-electron chi connectivity index (χ4n) is 3.37. The van der Waals surface area contributed by atoms with Crippen LogP contribution in [-0.4, -0.2) is 39.4 Å². The molecule has 6 heteroatoms. The van der Waals surface area contributed by atoms with Gasteiger partial charge in [-0.2, -0.15) is 0 Å². The molecule has 0 saturated carbocycles. The van der Waals surface area contributed by atoms with E-state index < -0.39 is 0 Å². The van der Waals surface area contributed by atoms with Crippen LogP contribution in [0.3, 0.4) is 0 Å². The van der Waals surface area contributed by atoms with E-state index in [9.17, 15) is 4.79 Å². The van der Waals surface area contributed by atoms with Crippen LogP contribution >= 0.6 is 0 Å². The Morgan fingerprint density at radius 1 is 1.12 bits per heavy atom. The third-order valence-electron chi connectivity index (χ3n) is 4.61. The van der Waals surface area contributed by atoms with E-state index in [1.54, 1.807) is 26.4 Å². The number of benzene rings is 2. The first kappa shape index (κ1) is 17.9. The van der Waals surface area contributed by atoms with Crippen LogP contribution in [0.2, 0.25) is 0 Å². The SMILES string of the molecule is COc1cccc(NC(=O)NCC2CCCN2c2ccccc2)c1OC. The summed E-state index contributed by atoms with van der Waals surface area (Å²) < 4.78 is 10.6. The number of amides is 2. The number of para-hydroxylation sites is 2. The Labute approximate surface area is 154 Å². The third kappa shape index (κ3) is 4.02. The number of anilines is 2. The smallest absolute Gasteiger partial charge is 0.319 e. The summed E-state index contributed by atoms with van der Waals surface area (Å²) in [6.07, 6.45) is 2.20. The quantitative estimate of drug-likeness (QED) is 0.833. The van der Waals surface area contributed by atoms with Gasteiger partial charge in [-0.15, -0.1) is 0 Å². The molecule has 6 nitrogen and oxygen atoms in total. The molecule has 0 aromatic heterocycles. The first-order chi connectivity index (χ1) is 12.7. The maximum atomic E-state index is 12.3. The van der Waals surface area contributed by atoms with Crippen LogP contribution in [0.1, 0.15) is 12.8 Å². The molecule has 1 saturated heterocycles. The summed E-state index contributed by atoms with van der Waals surface area (Å²) in [7, 11) is 3.12. The molecule has 138 valence electrons. The van der Waals surface area contributed by atoms with Gasteiger partial charge in [-0.3, -0.25) is 0 Å². The third-order valence-corrected chi connectivity index (χ3v) is 4.61. The zero-order valence-electron chi connectivity index (χ0n) is 15.2. The lowest BCUT2D eigenvalue weighted by Crippen LogP contribution is -2.41. The van der Waals surface area contributed by atoms with E-state index in [2.05, 4.69) is 27.7 Å². The molecule has 1 fully saturated rings. The number of rotatable bonds is 6. The Bertz CT molecular complexity index is 736. The number of methoxy groups -OCH3 is 2. The number of carbonyl (C=O) groups excluding carboxylic acids is 1. The van der Waals surface area contributed by atoms with Crippen molar-refractivity contribution in [3.8, 4) is 11.5 Å². The molecule has 2 aromatic carbocycles. The highest BCUT2D eigenvalue weighted by Crippen LogP contribution is 2.34. The van der Waals surface area contributed by atoms with Gasteiger partial charge < -0.3 is 25.0 Å². The number of hydrogen-bond acceptors (Lipinski definition) is 4. The van der Waals surface area contributed by atoms with Gasteiger partial charge in [-0.25, -0.2) is 4.79 Å². The summed E-state index contributed by atoms with van der Waals surface area (Å²) in [5.74, 6) is 1.09. The van der Waals surface area contributed by atoms with Crippen LogP contribution in [0.4, 0.5) is 16.2 Å². The molecule has 3 rings (SSSR count). The van der Waals surface area contributed by atoms with Crippen LogP contribution in [0.5, 0.6) is 11.5 Å². The van der Waals surface area contributed by atoms with E-state index in [1.807, 2.05) is 24.3 Å². The Morgan fingerprint density at radius 3 is 2.65 bits per heavy atom. The van der Waals surface area contributed by atoms with Crippen LogP contribution in [0, 0.1) is 0 Å². The van der Waals surface area contributed by atoms with Crippen molar-refractivity contribution in [3.05, 3.63) is 48.5 Å². The Hall–Kier alpha value is -2.89. The van der Waals surface area contributed by atoms with Crippen molar-refractivity contribution in [2.24, 2.45) is 0 Å². The van der Waals surface area contributed by atoms with Crippen LogP contribution in [0.15, 0.2) is 48.5 Å². The van der Waals surface area contributed by atoms with Gasteiger partial charge in [0.1, 0.15) is 0 Å². The van der Waals surface area contributed by atoms with E-state index in [4.69, 9.17) is 9.47 Å². The molecule has 2 amide bonds. The fourth-order valence-corrected chi connectivity index (χ4v) is 3.37. The van der Waals surface area contributed by atoms with Crippen molar-refractivity contribution < 1.29 is 14.3 Å². The molecular weight excluding hydrogens is 330 g/mol. The van der Waals surface area contributed by atoms with Gasteiger partial charge in [-0.1, -0.05) is 24.3 Å². The summed E-state index contributed by atoms with van der Waals surface area (Å²) in [5.41, 5.74) is 1.78. The summed E-state index contributed by atoms with van der Waals surface area (Å²) in [6.45, 7) is 1.61. The highest BCUT2D eigenvalue weighted by molar-refractivity contribution is 5.91. The predicted octanol–water partition coefficient (Wildman–Crippen LogP) is 3.49. The van der Waals surface area contributed by atoms with Crippen molar-refractivity contribution in [3.63, 3.8) is 0 Å². The fraction of sp³-hybridized carbons (Fsp3) is 0.350. The molecule has 1 aliphatic rings. The highest BCUT2D eigenvalue weighted by atomic mass is 16.5. The summed E-state index contributed by atoms with van der Waals surface area (Å²) in [5, 5.41) is 5.81. The van der Waals surface area contributed by atoms with Gasteiger partial charge in [0.05, 0.1) is 19.9 Å². The molecule has 0 bridgehead atoms. The summed E-state index contributed by atoms with van der Waals surface area (Å²) in [4.78, 5) is 14.7. The zero-order chi connectivity index (χ0) is 18.4. The van der Waals surface area contributed by atoms with Gasteiger partial charge in [0.15, 0.2) is 11.5 Å². The minimum Gasteiger partial charge on any atom is -0.493 e. The summed E-state index contributed by atoms with van der Waals surface area (Å²) in [6, 6.07) is 15.8. The first-order valence-corrected chi connectivity index (χ1v) is 8.80. The molecule has 26 heavy (non-hydrogen) atoms. The number of carbonyl (C=O) groups is 1. The summed E-state index contributed by atoms with van der Waals surface area (Å²) >= 11 is 0. The van der Waals surface area contributed by atoms with Gasteiger partial charge in [-0.05, 0) is 37.1 Å². The van der Waals surface area contributed by atoms with Crippen molar-refractivity contribution in [1.82, 2.24) is 5.32 Å². The number of nitrogens with zero attached hydrogens (tertiary/aromatic N) is 1. The lowest BCUT2D eigenvalue weighted by molar-refractivity contribution is 0.251. The molecule has 2 N–H and O–H groups in total. The lowest BCUT2D eigenvalue weighted by Gasteiger charge is -2.27. The molecule has 0 radical (unpaired) electrons. The minimum atomic E-state index is -0.253. The normalized spacial score (nSPS) is 16.2. The number of ether oxygens (including phenoxy) is 2. The van der Waals surface area contributed by atoms with Crippen LogP contribution < -0.4 is 25.0 Å². The highest BCUT2D eigenvalue weighted by Gasteiger charge is 2.25. The largest absolute Gasteiger partial charge is 0.493 e. The average molecular weight is 355 g/mol. The Balaban J connectivity index is 1.59. The van der Waals surface area contributed by atoms with E-state index >= 15 is 0 Å². The van der Waals surface area contributed by atoms with Crippen molar-refractivity contribution in [2.45, 2.75) is 18.9 Å². The van der Waals surface area contributed by atoms with E-state index in [0.717, 1.165) is 19.4 Å². The van der Waals surface area contributed by atoms with Crippen molar-refractivity contribution in [2.75, 3.05) is 37.5 Å². The van der Waals surface area contributed by atoms with Crippen molar-refractivity contribution in [1.29, 1.82) is 0 Å². The Kier molecular flexibility index (Phi) is 5.84. The maximum Gasteiger partial charge on any atom is 0.319 e. The minimum absolute atomic E-state index is 0.253. The second-order valence-electron chi connectivity index (χ2n) is 6.20. The molecule has 0 aliphatic carbocycles. The number of hydrogen-bond donors (Lipinski definition) is 2. The first-order valence-electron chi connectivity index (χ1n) is 8.80. The molecule has 2 aromatic rings. The maximum absolute atomic E-state index is 12.3. The van der Waals surface area contributed by atoms with E-state index in [1.165, 1.54) is 5.69 Å². The Morgan fingerprint density at radius 2 is 1.92 bits per heavy atom.